The molecule has 0 aliphatic heterocycles. The van der Waals surface area contributed by atoms with Crippen LogP contribution in [0.5, 0.6) is 17.2 Å². The van der Waals surface area contributed by atoms with Gasteiger partial charge in [-0.3, -0.25) is 10.0 Å². The second-order valence-corrected chi connectivity index (χ2v) is 6.13. The lowest BCUT2D eigenvalue weighted by molar-refractivity contribution is -0.0374. The van der Waals surface area contributed by atoms with Gasteiger partial charge in [0, 0.05) is 12.6 Å². The van der Waals surface area contributed by atoms with Gasteiger partial charge < -0.3 is 9.47 Å². The third-order valence-corrected chi connectivity index (χ3v) is 4.07. The van der Waals surface area contributed by atoms with Crippen molar-refractivity contribution in [2.75, 3.05) is 14.2 Å². The van der Waals surface area contributed by atoms with Crippen molar-refractivity contribution in [3.05, 3.63) is 89.5 Å². The first-order chi connectivity index (χ1) is 13.5. The van der Waals surface area contributed by atoms with Gasteiger partial charge in [0.1, 0.15) is 17.2 Å². The Morgan fingerprint density at radius 2 is 1.50 bits per heavy atom. The van der Waals surface area contributed by atoms with Crippen LogP contribution in [0.3, 0.4) is 0 Å². The van der Waals surface area contributed by atoms with Crippen molar-refractivity contribution in [2.24, 2.45) is 0 Å². The molecule has 0 spiro atoms. The minimum Gasteiger partial charge on any atom is -0.497 e. The fourth-order valence-electron chi connectivity index (χ4n) is 2.58. The number of hydrogen-bond acceptors (Lipinski definition) is 4. The molecular weight excluding hydrogens is 354 g/mol. The highest BCUT2D eigenvalue weighted by molar-refractivity contribution is 5.93. The van der Waals surface area contributed by atoms with Gasteiger partial charge in [-0.25, -0.2) is 5.06 Å². The Hall–Kier alpha value is -3.57. The topological polar surface area (TPSA) is 59.0 Å². The SMILES string of the molecule is COc1ccc(Oc2cccc(C=Cc3ccc(C(=O)N(C)O)cc3)c2)cc1. The largest absolute Gasteiger partial charge is 0.497 e. The minimum absolute atomic E-state index is 0.428. The fourth-order valence-corrected chi connectivity index (χ4v) is 2.58. The normalized spacial score (nSPS) is 10.7. The summed E-state index contributed by atoms with van der Waals surface area (Å²) >= 11 is 0. The quantitative estimate of drug-likeness (QED) is 0.369. The molecule has 0 unspecified atom stereocenters. The molecule has 1 amide bonds. The lowest BCUT2D eigenvalue weighted by Gasteiger charge is -2.08. The number of ether oxygens (including phenoxy) is 2. The summed E-state index contributed by atoms with van der Waals surface area (Å²) in [7, 11) is 2.93. The van der Waals surface area contributed by atoms with Crippen LogP contribution in [0.4, 0.5) is 0 Å². The van der Waals surface area contributed by atoms with Crippen molar-refractivity contribution >= 4 is 18.1 Å². The number of methoxy groups -OCH3 is 1. The number of amides is 1. The van der Waals surface area contributed by atoms with E-state index in [-0.39, 0.29) is 0 Å². The summed E-state index contributed by atoms with van der Waals surface area (Å²) in [6.45, 7) is 0. The lowest BCUT2D eigenvalue weighted by atomic mass is 10.1. The fraction of sp³-hybridized carbons (Fsp3) is 0.0870. The van der Waals surface area contributed by atoms with Crippen LogP contribution in [-0.4, -0.2) is 30.3 Å². The van der Waals surface area contributed by atoms with E-state index in [4.69, 9.17) is 9.47 Å². The van der Waals surface area contributed by atoms with E-state index in [2.05, 4.69) is 0 Å². The van der Waals surface area contributed by atoms with Crippen LogP contribution in [0, 0.1) is 0 Å². The summed E-state index contributed by atoms with van der Waals surface area (Å²) in [5, 5.41) is 9.77. The minimum atomic E-state index is -0.445. The van der Waals surface area contributed by atoms with E-state index in [9.17, 15) is 10.0 Å². The number of carbonyl (C=O) groups is 1. The van der Waals surface area contributed by atoms with Gasteiger partial charge in [0.25, 0.3) is 5.91 Å². The smallest absolute Gasteiger partial charge is 0.276 e. The predicted molar refractivity (Wildman–Crippen MR) is 109 cm³/mol. The zero-order valence-electron chi connectivity index (χ0n) is 15.7. The van der Waals surface area contributed by atoms with Gasteiger partial charge in [-0.05, 0) is 59.7 Å². The third-order valence-electron chi connectivity index (χ3n) is 4.07. The van der Waals surface area contributed by atoms with Crippen LogP contribution in [0.1, 0.15) is 21.5 Å². The molecule has 5 nitrogen and oxygen atoms in total. The average Bonchev–Trinajstić information content (AvgIpc) is 2.73. The van der Waals surface area contributed by atoms with Gasteiger partial charge in [0.2, 0.25) is 0 Å². The number of nitrogens with zero attached hydrogens (tertiary/aromatic N) is 1. The highest BCUT2D eigenvalue weighted by atomic mass is 16.5. The molecule has 0 aliphatic rings. The number of rotatable bonds is 6. The first-order valence-corrected chi connectivity index (χ1v) is 8.72. The van der Waals surface area contributed by atoms with E-state index in [1.807, 2.05) is 72.8 Å². The summed E-state index contributed by atoms with van der Waals surface area (Å²) in [5.41, 5.74) is 2.36. The molecule has 0 heterocycles. The van der Waals surface area contributed by atoms with E-state index in [0.717, 1.165) is 28.4 Å². The summed E-state index contributed by atoms with van der Waals surface area (Å²) in [6.07, 6.45) is 3.92. The molecule has 0 aliphatic carbocycles. The Balaban J connectivity index is 1.69. The van der Waals surface area contributed by atoms with Crippen molar-refractivity contribution in [1.82, 2.24) is 5.06 Å². The summed E-state index contributed by atoms with van der Waals surface area (Å²) in [5.74, 6) is 1.80. The second-order valence-electron chi connectivity index (χ2n) is 6.13. The number of hydrogen-bond donors (Lipinski definition) is 1. The van der Waals surface area contributed by atoms with Gasteiger partial charge >= 0.3 is 0 Å². The monoisotopic (exact) mass is 375 g/mol. The molecule has 28 heavy (non-hydrogen) atoms. The maximum Gasteiger partial charge on any atom is 0.276 e. The summed E-state index contributed by atoms with van der Waals surface area (Å²) in [6, 6.07) is 22.2. The number of hydroxylamine groups is 2. The molecule has 0 fully saturated rings. The number of benzene rings is 3. The van der Waals surface area contributed by atoms with Crippen LogP contribution < -0.4 is 9.47 Å². The molecule has 0 bridgehead atoms. The zero-order valence-corrected chi connectivity index (χ0v) is 15.7. The maximum absolute atomic E-state index is 11.7. The molecule has 0 atom stereocenters. The highest BCUT2D eigenvalue weighted by Crippen LogP contribution is 2.25. The van der Waals surface area contributed by atoms with Crippen LogP contribution in [0.15, 0.2) is 72.8 Å². The third kappa shape index (κ3) is 4.99. The first-order valence-electron chi connectivity index (χ1n) is 8.72. The molecule has 0 aromatic heterocycles. The molecule has 0 saturated carbocycles. The molecule has 142 valence electrons. The van der Waals surface area contributed by atoms with E-state index < -0.39 is 5.91 Å². The average molecular weight is 375 g/mol. The molecule has 5 heteroatoms. The zero-order chi connectivity index (χ0) is 19.9. The highest BCUT2D eigenvalue weighted by Gasteiger charge is 2.08. The van der Waals surface area contributed by atoms with E-state index in [1.54, 1.807) is 19.2 Å². The Morgan fingerprint density at radius 3 is 2.14 bits per heavy atom. The molecular formula is C23H21NO4. The van der Waals surface area contributed by atoms with Gasteiger partial charge in [-0.15, -0.1) is 0 Å². The van der Waals surface area contributed by atoms with Gasteiger partial charge in [-0.2, -0.15) is 0 Å². The second kappa shape index (κ2) is 8.88. The Bertz CT molecular complexity index is 961. The van der Waals surface area contributed by atoms with Crippen LogP contribution in [-0.2, 0) is 0 Å². The molecule has 0 saturated heterocycles. The Morgan fingerprint density at radius 1 is 0.857 bits per heavy atom. The van der Waals surface area contributed by atoms with Gasteiger partial charge in [0.05, 0.1) is 7.11 Å². The van der Waals surface area contributed by atoms with Crippen molar-refractivity contribution in [3.8, 4) is 17.2 Å². The van der Waals surface area contributed by atoms with Crippen molar-refractivity contribution in [3.63, 3.8) is 0 Å². The molecule has 3 aromatic carbocycles. The van der Waals surface area contributed by atoms with E-state index >= 15 is 0 Å². The van der Waals surface area contributed by atoms with Crippen LogP contribution >= 0.6 is 0 Å². The standard InChI is InChI=1S/C23H21NO4/c1-24(26)23(25)19-10-8-17(9-11-19)6-7-18-4-3-5-22(16-18)28-21-14-12-20(27-2)13-15-21/h3-16,26H,1-2H3. The Kier molecular flexibility index (Phi) is 6.09. The van der Waals surface area contributed by atoms with Crippen molar-refractivity contribution in [1.29, 1.82) is 0 Å². The van der Waals surface area contributed by atoms with Crippen LogP contribution in [0.25, 0.3) is 12.2 Å². The molecule has 3 aromatic rings. The van der Waals surface area contributed by atoms with Crippen molar-refractivity contribution < 1.29 is 19.5 Å². The van der Waals surface area contributed by atoms with E-state index in [1.165, 1.54) is 7.05 Å². The predicted octanol–water partition coefficient (Wildman–Crippen LogP) is 5.12. The van der Waals surface area contributed by atoms with Crippen molar-refractivity contribution in [2.45, 2.75) is 0 Å². The molecule has 0 radical (unpaired) electrons. The summed E-state index contributed by atoms with van der Waals surface area (Å²) < 4.78 is 11.0. The Labute approximate surface area is 164 Å². The maximum atomic E-state index is 11.7. The molecule has 1 N–H and O–H groups in total. The van der Waals surface area contributed by atoms with Crippen LogP contribution in [0.2, 0.25) is 0 Å². The van der Waals surface area contributed by atoms with Gasteiger partial charge in [-0.1, -0.05) is 36.4 Å². The first kappa shape index (κ1) is 19.2. The van der Waals surface area contributed by atoms with Gasteiger partial charge in [0.15, 0.2) is 0 Å². The summed E-state index contributed by atoms with van der Waals surface area (Å²) in [4.78, 5) is 11.7. The van der Waals surface area contributed by atoms with E-state index in [0.29, 0.717) is 10.6 Å². The number of carbonyl (C=O) groups excluding carboxylic acids is 1. The lowest BCUT2D eigenvalue weighted by Crippen LogP contribution is -2.22. The molecule has 3 rings (SSSR count).